The second kappa shape index (κ2) is 5.13. The van der Waals surface area contributed by atoms with Gasteiger partial charge in [0.1, 0.15) is 16.3 Å². The predicted molar refractivity (Wildman–Crippen MR) is 81.2 cm³/mol. The average molecular weight is 341 g/mol. The monoisotopic (exact) mass is 340 g/mol. The molecule has 0 radical (unpaired) electrons. The quantitative estimate of drug-likeness (QED) is 0.739. The Morgan fingerprint density at radius 3 is 2.53 bits per heavy atom. The van der Waals surface area contributed by atoms with E-state index in [2.05, 4.69) is 46.7 Å². The number of hydrogen-bond acceptors (Lipinski definition) is 2. The van der Waals surface area contributed by atoms with Crippen LogP contribution in [-0.4, -0.2) is 9.97 Å². The van der Waals surface area contributed by atoms with Gasteiger partial charge in [-0.05, 0) is 40.2 Å². The molecule has 5 heteroatoms. The summed E-state index contributed by atoms with van der Waals surface area (Å²) in [4.78, 5) is 7.59. The molecule has 100 valence electrons. The lowest BCUT2D eigenvalue weighted by atomic mass is 9.92. The van der Waals surface area contributed by atoms with Crippen molar-refractivity contribution >= 4 is 28.1 Å². The lowest BCUT2D eigenvalue weighted by molar-refractivity contribution is 0.567. The summed E-state index contributed by atoms with van der Waals surface area (Å²) in [6.45, 7) is 6.28. The molecule has 19 heavy (non-hydrogen) atoms. The van der Waals surface area contributed by atoms with E-state index in [1.807, 2.05) is 6.07 Å². The summed E-state index contributed by atoms with van der Waals surface area (Å²) in [7, 11) is 0. The van der Waals surface area contributed by atoms with Crippen LogP contribution < -0.4 is 0 Å². The molecule has 0 bridgehead atoms. The normalized spacial score (nSPS) is 11.6. The van der Waals surface area contributed by atoms with Gasteiger partial charge in [-0.15, -0.1) is 0 Å². The first-order valence-corrected chi connectivity index (χ1v) is 7.05. The van der Waals surface area contributed by atoms with Crippen LogP contribution in [0.4, 0.5) is 4.39 Å². The molecule has 0 fully saturated rings. The van der Waals surface area contributed by atoms with Crippen molar-refractivity contribution in [3.63, 3.8) is 0 Å². The zero-order valence-corrected chi connectivity index (χ0v) is 13.3. The molecule has 1 aromatic carbocycles. The Labute approximate surface area is 125 Å². The minimum Gasteiger partial charge on any atom is -0.343 e. The number of benzene rings is 1. The topological polar surface area (TPSA) is 28.7 Å². The highest BCUT2D eigenvalue weighted by molar-refractivity contribution is 9.10. The van der Waals surface area contributed by atoms with Crippen LogP contribution in [0, 0.1) is 10.5 Å². The molecule has 0 aliphatic heterocycles. The molecule has 0 unspecified atom stereocenters. The van der Waals surface area contributed by atoms with E-state index in [0.717, 1.165) is 11.3 Å². The van der Waals surface area contributed by atoms with Crippen molar-refractivity contribution in [3.05, 3.63) is 44.9 Å². The maximum absolute atomic E-state index is 13.1. The summed E-state index contributed by atoms with van der Waals surface area (Å²) in [5.41, 5.74) is 1.73. The molecule has 0 saturated heterocycles. The fourth-order valence-electron chi connectivity index (χ4n) is 1.67. The summed E-state index contributed by atoms with van der Waals surface area (Å²) >= 11 is 8.55. The van der Waals surface area contributed by atoms with Crippen LogP contribution in [0.15, 0.2) is 28.7 Å². The van der Waals surface area contributed by atoms with Crippen molar-refractivity contribution in [3.8, 4) is 11.4 Å². The molecule has 0 aliphatic carbocycles. The molecule has 0 aliphatic rings. The van der Waals surface area contributed by atoms with Gasteiger partial charge < -0.3 is 4.98 Å². The van der Waals surface area contributed by atoms with Crippen LogP contribution in [0.25, 0.3) is 11.4 Å². The first-order chi connectivity index (χ1) is 8.77. The van der Waals surface area contributed by atoms with E-state index in [1.165, 1.54) is 12.1 Å². The van der Waals surface area contributed by atoms with Crippen LogP contribution in [0.1, 0.15) is 26.5 Å². The summed E-state index contributed by atoms with van der Waals surface area (Å²) < 4.78 is 14.3. The standard InChI is InChI=1S/C14H14BrFN2S/c1-14(2,3)11-7-12(19)18-13(17-11)9-5-4-8(16)6-10(9)15/h4-7H,1-3H3,(H,17,18,19). The molecule has 2 aromatic rings. The van der Waals surface area contributed by atoms with E-state index in [0.29, 0.717) is 14.9 Å². The highest BCUT2D eigenvalue weighted by atomic mass is 79.9. The molecular weight excluding hydrogens is 327 g/mol. The van der Waals surface area contributed by atoms with Crippen LogP contribution in [-0.2, 0) is 5.41 Å². The Balaban J connectivity index is 2.63. The van der Waals surface area contributed by atoms with Gasteiger partial charge in [-0.25, -0.2) is 9.37 Å². The Kier molecular flexibility index (Phi) is 3.87. The van der Waals surface area contributed by atoms with Crippen LogP contribution in [0.2, 0.25) is 0 Å². The fourth-order valence-corrected chi connectivity index (χ4v) is 2.42. The van der Waals surface area contributed by atoms with E-state index in [1.54, 1.807) is 6.07 Å². The number of nitrogens with one attached hydrogen (secondary N) is 1. The van der Waals surface area contributed by atoms with Crippen LogP contribution >= 0.6 is 28.1 Å². The van der Waals surface area contributed by atoms with Crippen molar-refractivity contribution in [2.75, 3.05) is 0 Å². The number of H-pyrrole nitrogens is 1. The molecule has 0 saturated carbocycles. The SMILES string of the molecule is CC(C)(C)c1cc(=S)nc(-c2ccc(F)cc2Br)[nH]1. The van der Waals surface area contributed by atoms with E-state index in [9.17, 15) is 4.39 Å². The van der Waals surface area contributed by atoms with Crippen molar-refractivity contribution in [1.82, 2.24) is 9.97 Å². The van der Waals surface area contributed by atoms with Crippen LogP contribution in [0.5, 0.6) is 0 Å². The fraction of sp³-hybridized carbons (Fsp3) is 0.286. The highest BCUT2D eigenvalue weighted by Gasteiger charge is 2.16. The second-order valence-corrected chi connectivity index (χ2v) is 6.63. The summed E-state index contributed by atoms with van der Waals surface area (Å²) in [6, 6.07) is 6.36. The number of halogens is 2. The number of nitrogens with zero attached hydrogens (tertiary/aromatic N) is 1. The van der Waals surface area contributed by atoms with Crippen molar-refractivity contribution < 1.29 is 4.39 Å². The van der Waals surface area contributed by atoms with Gasteiger partial charge in [0.15, 0.2) is 0 Å². The maximum Gasteiger partial charge on any atom is 0.140 e. The number of aromatic nitrogens is 2. The van der Waals surface area contributed by atoms with Crippen LogP contribution in [0.3, 0.4) is 0 Å². The molecule has 1 N–H and O–H groups in total. The smallest absolute Gasteiger partial charge is 0.140 e. The van der Waals surface area contributed by atoms with Gasteiger partial charge in [-0.2, -0.15) is 0 Å². The van der Waals surface area contributed by atoms with Gasteiger partial charge in [0, 0.05) is 21.1 Å². The molecule has 2 rings (SSSR count). The summed E-state index contributed by atoms with van der Waals surface area (Å²) in [6.07, 6.45) is 0. The molecule has 1 heterocycles. The third-order valence-corrected chi connectivity index (χ3v) is 3.60. The second-order valence-electron chi connectivity index (χ2n) is 5.36. The van der Waals surface area contributed by atoms with Gasteiger partial charge in [0.25, 0.3) is 0 Å². The predicted octanol–water partition coefficient (Wildman–Crippen LogP) is 5.01. The Morgan fingerprint density at radius 1 is 1.26 bits per heavy atom. The van der Waals surface area contributed by atoms with Gasteiger partial charge in [-0.3, -0.25) is 0 Å². The van der Waals surface area contributed by atoms with Gasteiger partial charge in [-0.1, -0.05) is 33.0 Å². The van der Waals surface area contributed by atoms with Crippen molar-refractivity contribution in [2.24, 2.45) is 0 Å². The largest absolute Gasteiger partial charge is 0.343 e. The maximum atomic E-state index is 13.1. The third-order valence-electron chi connectivity index (χ3n) is 2.74. The van der Waals surface area contributed by atoms with Crippen molar-refractivity contribution in [1.29, 1.82) is 0 Å². The Morgan fingerprint density at radius 2 is 1.95 bits per heavy atom. The molecular formula is C14H14BrFN2S. The Bertz CT molecular complexity index is 674. The Hall–Kier alpha value is -1.07. The van der Waals surface area contributed by atoms with E-state index in [-0.39, 0.29) is 11.2 Å². The highest BCUT2D eigenvalue weighted by Crippen LogP contribution is 2.28. The number of rotatable bonds is 1. The molecule has 0 amide bonds. The lowest BCUT2D eigenvalue weighted by Crippen LogP contribution is -2.14. The van der Waals surface area contributed by atoms with E-state index >= 15 is 0 Å². The first kappa shape index (κ1) is 14.3. The first-order valence-electron chi connectivity index (χ1n) is 5.84. The molecule has 2 nitrogen and oxygen atoms in total. The minimum absolute atomic E-state index is 0.0578. The lowest BCUT2D eigenvalue weighted by Gasteiger charge is -2.19. The average Bonchev–Trinajstić information content (AvgIpc) is 2.26. The zero-order chi connectivity index (χ0) is 14.2. The summed E-state index contributed by atoms with van der Waals surface area (Å²) in [5, 5.41) is 0. The zero-order valence-electron chi connectivity index (χ0n) is 10.9. The van der Waals surface area contributed by atoms with Crippen molar-refractivity contribution in [2.45, 2.75) is 26.2 Å². The molecule has 0 atom stereocenters. The summed E-state index contributed by atoms with van der Waals surface area (Å²) in [5.74, 6) is 0.352. The van der Waals surface area contributed by atoms with Gasteiger partial charge in [0.05, 0.1) is 0 Å². The molecule has 1 aromatic heterocycles. The third kappa shape index (κ3) is 3.28. The van der Waals surface area contributed by atoms with E-state index < -0.39 is 0 Å². The van der Waals surface area contributed by atoms with Gasteiger partial charge >= 0.3 is 0 Å². The van der Waals surface area contributed by atoms with Gasteiger partial charge in [0.2, 0.25) is 0 Å². The van der Waals surface area contributed by atoms with E-state index in [4.69, 9.17) is 12.2 Å². The number of aromatic amines is 1. The molecule has 0 spiro atoms. The number of hydrogen-bond donors (Lipinski definition) is 1. The minimum atomic E-state index is -0.291.